The Bertz CT molecular complexity index is 478. The lowest BCUT2D eigenvalue weighted by molar-refractivity contribution is -0.385. The SMILES string of the molecule is CCN(C)C1CCN(c2cc(C)c([N+](=O)[O-])cn2)C1. The molecule has 0 N–H and O–H groups in total. The van der Waals surface area contributed by atoms with Gasteiger partial charge in [0.2, 0.25) is 0 Å². The van der Waals surface area contributed by atoms with E-state index < -0.39 is 0 Å². The molecular weight excluding hydrogens is 244 g/mol. The first-order valence-corrected chi connectivity index (χ1v) is 6.59. The molecule has 0 radical (unpaired) electrons. The minimum absolute atomic E-state index is 0.0881. The number of hydrogen-bond acceptors (Lipinski definition) is 5. The molecule has 0 aliphatic carbocycles. The van der Waals surface area contributed by atoms with Gasteiger partial charge in [0.25, 0.3) is 5.69 Å². The minimum Gasteiger partial charge on any atom is -0.355 e. The second kappa shape index (κ2) is 5.52. The van der Waals surface area contributed by atoms with Crippen LogP contribution in [0.2, 0.25) is 0 Å². The van der Waals surface area contributed by atoms with E-state index >= 15 is 0 Å². The Morgan fingerprint density at radius 2 is 2.37 bits per heavy atom. The molecule has 1 saturated heterocycles. The fraction of sp³-hybridized carbons (Fsp3) is 0.615. The summed E-state index contributed by atoms with van der Waals surface area (Å²) in [6.45, 7) is 6.84. The molecule has 1 atom stereocenters. The van der Waals surface area contributed by atoms with Crippen LogP contribution in [0.4, 0.5) is 11.5 Å². The molecule has 1 aliphatic heterocycles. The standard InChI is InChI=1S/C13H20N4O2/c1-4-15(3)11-5-6-16(9-11)13-7-10(2)12(8-14-13)17(18)19/h7-8,11H,4-6,9H2,1-3H3. The van der Waals surface area contributed by atoms with E-state index in [1.54, 1.807) is 6.92 Å². The Kier molecular flexibility index (Phi) is 3.99. The number of aromatic nitrogens is 1. The topological polar surface area (TPSA) is 62.5 Å². The number of nitro groups is 1. The van der Waals surface area contributed by atoms with E-state index in [0.29, 0.717) is 11.6 Å². The predicted molar refractivity (Wildman–Crippen MR) is 74.6 cm³/mol. The van der Waals surface area contributed by atoms with E-state index in [0.717, 1.165) is 31.9 Å². The van der Waals surface area contributed by atoms with Crippen LogP contribution in [-0.4, -0.2) is 47.5 Å². The summed E-state index contributed by atoms with van der Waals surface area (Å²) in [7, 11) is 2.13. The monoisotopic (exact) mass is 264 g/mol. The average molecular weight is 264 g/mol. The van der Waals surface area contributed by atoms with Crippen LogP contribution < -0.4 is 4.90 Å². The molecule has 2 rings (SSSR count). The third-order valence-electron chi connectivity index (χ3n) is 3.87. The summed E-state index contributed by atoms with van der Waals surface area (Å²) in [6, 6.07) is 2.36. The van der Waals surface area contributed by atoms with E-state index in [4.69, 9.17) is 0 Å². The smallest absolute Gasteiger partial charge is 0.290 e. The van der Waals surface area contributed by atoms with Crippen molar-refractivity contribution in [2.45, 2.75) is 26.3 Å². The van der Waals surface area contributed by atoms with Gasteiger partial charge in [0.15, 0.2) is 0 Å². The van der Waals surface area contributed by atoms with Gasteiger partial charge in [0, 0.05) is 24.7 Å². The Morgan fingerprint density at radius 3 is 2.95 bits per heavy atom. The molecule has 0 saturated carbocycles. The number of likely N-dealkylation sites (N-methyl/N-ethyl adjacent to an activating group) is 1. The first-order valence-electron chi connectivity index (χ1n) is 6.59. The fourth-order valence-corrected chi connectivity index (χ4v) is 2.47. The zero-order valence-electron chi connectivity index (χ0n) is 11.7. The molecule has 0 spiro atoms. The first-order chi connectivity index (χ1) is 9.02. The van der Waals surface area contributed by atoms with Crippen LogP contribution >= 0.6 is 0 Å². The number of hydrogen-bond donors (Lipinski definition) is 0. The molecule has 6 heteroatoms. The van der Waals surface area contributed by atoms with Crippen LogP contribution in [-0.2, 0) is 0 Å². The number of nitrogens with zero attached hydrogens (tertiary/aromatic N) is 4. The normalized spacial score (nSPS) is 19.2. The zero-order valence-corrected chi connectivity index (χ0v) is 11.7. The highest BCUT2D eigenvalue weighted by Crippen LogP contribution is 2.25. The first kappa shape index (κ1) is 13.7. The summed E-state index contributed by atoms with van der Waals surface area (Å²) in [5, 5.41) is 10.8. The molecule has 1 aliphatic rings. The second-order valence-corrected chi connectivity index (χ2v) is 5.05. The Balaban J connectivity index is 2.12. The van der Waals surface area contributed by atoms with Gasteiger partial charge < -0.3 is 9.80 Å². The van der Waals surface area contributed by atoms with E-state index in [1.807, 2.05) is 6.07 Å². The lowest BCUT2D eigenvalue weighted by atomic mass is 10.2. The lowest BCUT2D eigenvalue weighted by Crippen LogP contribution is -2.34. The van der Waals surface area contributed by atoms with E-state index in [2.05, 4.69) is 28.8 Å². The summed E-state index contributed by atoms with van der Waals surface area (Å²) in [6.07, 6.45) is 2.48. The minimum atomic E-state index is -0.385. The van der Waals surface area contributed by atoms with Gasteiger partial charge >= 0.3 is 0 Å². The number of anilines is 1. The van der Waals surface area contributed by atoms with Crippen LogP contribution in [0, 0.1) is 17.0 Å². The maximum Gasteiger partial charge on any atom is 0.290 e. The van der Waals surface area contributed by atoms with Gasteiger partial charge in [-0.25, -0.2) is 4.98 Å². The highest BCUT2D eigenvalue weighted by atomic mass is 16.6. The summed E-state index contributed by atoms with van der Waals surface area (Å²) in [5.74, 6) is 0.843. The molecule has 2 heterocycles. The maximum atomic E-state index is 10.8. The highest BCUT2D eigenvalue weighted by molar-refractivity contribution is 5.49. The van der Waals surface area contributed by atoms with E-state index in [1.165, 1.54) is 6.20 Å². The van der Waals surface area contributed by atoms with Crippen molar-refractivity contribution >= 4 is 11.5 Å². The molecule has 0 bridgehead atoms. The Hall–Kier alpha value is -1.69. The second-order valence-electron chi connectivity index (χ2n) is 5.05. The van der Waals surface area contributed by atoms with Crippen molar-refractivity contribution in [1.29, 1.82) is 0 Å². The summed E-state index contributed by atoms with van der Waals surface area (Å²) >= 11 is 0. The largest absolute Gasteiger partial charge is 0.355 e. The number of aryl methyl sites for hydroxylation is 1. The molecule has 6 nitrogen and oxygen atoms in total. The van der Waals surface area contributed by atoms with Crippen LogP contribution in [0.1, 0.15) is 18.9 Å². The van der Waals surface area contributed by atoms with Crippen LogP contribution in [0.3, 0.4) is 0 Å². The van der Waals surface area contributed by atoms with Crippen LogP contribution in [0.5, 0.6) is 0 Å². The van der Waals surface area contributed by atoms with E-state index in [-0.39, 0.29) is 10.6 Å². The lowest BCUT2D eigenvalue weighted by Gasteiger charge is -2.23. The Labute approximate surface area is 113 Å². The van der Waals surface area contributed by atoms with Crippen molar-refractivity contribution in [2.24, 2.45) is 0 Å². The van der Waals surface area contributed by atoms with Gasteiger partial charge in [-0.2, -0.15) is 0 Å². The summed E-state index contributed by atoms with van der Waals surface area (Å²) < 4.78 is 0. The molecule has 19 heavy (non-hydrogen) atoms. The third kappa shape index (κ3) is 2.84. The molecule has 0 aromatic carbocycles. The maximum absolute atomic E-state index is 10.8. The van der Waals surface area contributed by atoms with Gasteiger partial charge in [-0.15, -0.1) is 0 Å². The van der Waals surface area contributed by atoms with Gasteiger partial charge in [-0.3, -0.25) is 10.1 Å². The van der Waals surface area contributed by atoms with Crippen molar-refractivity contribution in [3.63, 3.8) is 0 Å². The Morgan fingerprint density at radius 1 is 1.63 bits per heavy atom. The molecule has 0 amide bonds. The van der Waals surface area contributed by atoms with Gasteiger partial charge in [-0.1, -0.05) is 6.92 Å². The van der Waals surface area contributed by atoms with Crippen LogP contribution in [0.25, 0.3) is 0 Å². The average Bonchev–Trinajstić information content (AvgIpc) is 2.86. The van der Waals surface area contributed by atoms with Crippen molar-refractivity contribution in [1.82, 2.24) is 9.88 Å². The molecule has 1 aromatic rings. The fourth-order valence-electron chi connectivity index (χ4n) is 2.47. The van der Waals surface area contributed by atoms with Gasteiger partial charge in [0.1, 0.15) is 12.0 Å². The van der Waals surface area contributed by atoms with E-state index in [9.17, 15) is 10.1 Å². The molecular formula is C13H20N4O2. The van der Waals surface area contributed by atoms with Gasteiger partial charge in [0.05, 0.1) is 4.92 Å². The summed E-state index contributed by atoms with van der Waals surface area (Å²) in [5.41, 5.74) is 0.757. The quantitative estimate of drug-likeness (QED) is 0.613. The summed E-state index contributed by atoms with van der Waals surface area (Å²) in [4.78, 5) is 19.2. The van der Waals surface area contributed by atoms with Crippen molar-refractivity contribution in [2.75, 3.05) is 31.6 Å². The zero-order chi connectivity index (χ0) is 14.0. The molecule has 104 valence electrons. The van der Waals surface area contributed by atoms with Crippen molar-refractivity contribution in [3.05, 3.63) is 27.9 Å². The van der Waals surface area contributed by atoms with Gasteiger partial charge in [-0.05, 0) is 33.0 Å². The molecule has 1 fully saturated rings. The number of rotatable bonds is 4. The van der Waals surface area contributed by atoms with Crippen molar-refractivity contribution < 1.29 is 4.92 Å². The van der Waals surface area contributed by atoms with Crippen LogP contribution in [0.15, 0.2) is 12.3 Å². The number of pyridine rings is 1. The predicted octanol–water partition coefficient (Wildman–Crippen LogP) is 1.83. The highest BCUT2D eigenvalue weighted by Gasteiger charge is 2.26. The van der Waals surface area contributed by atoms with Crippen molar-refractivity contribution in [3.8, 4) is 0 Å². The molecule has 1 unspecified atom stereocenters. The molecule has 1 aromatic heterocycles. The third-order valence-corrected chi connectivity index (χ3v) is 3.87.